The summed E-state index contributed by atoms with van der Waals surface area (Å²) in [7, 11) is 0. The molecule has 2 aromatic heterocycles. The van der Waals surface area contributed by atoms with E-state index in [9.17, 15) is 4.79 Å². The Hall–Kier alpha value is -3.16. The van der Waals surface area contributed by atoms with Gasteiger partial charge in [-0.1, -0.05) is 6.07 Å². The van der Waals surface area contributed by atoms with Gasteiger partial charge in [0.25, 0.3) is 5.56 Å². The average Bonchev–Trinajstić information content (AvgIpc) is 2.75. The van der Waals surface area contributed by atoms with Crippen LogP contribution in [0, 0.1) is 6.92 Å². The zero-order chi connectivity index (χ0) is 20.7. The lowest BCUT2D eigenvalue weighted by molar-refractivity contribution is 0.0814. The van der Waals surface area contributed by atoms with Crippen molar-refractivity contribution in [1.29, 1.82) is 0 Å². The fourth-order valence-electron chi connectivity index (χ4n) is 4.14. The first-order valence-electron chi connectivity index (χ1n) is 10.3. The molecule has 0 amide bonds. The molecule has 2 aliphatic rings. The van der Waals surface area contributed by atoms with Crippen LogP contribution in [0.5, 0.6) is 11.5 Å². The van der Waals surface area contributed by atoms with E-state index in [1.165, 1.54) is 22.3 Å². The van der Waals surface area contributed by atoms with E-state index >= 15 is 4.39 Å². The van der Waals surface area contributed by atoms with Crippen molar-refractivity contribution in [3.63, 3.8) is 0 Å². The molecule has 1 fully saturated rings. The molecule has 0 radical (unpaired) electrons. The number of hydrogen-bond donors (Lipinski definition) is 0. The summed E-state index contributed by atoms with van der Waals surface area (Å²) in [5.74, 6) is 2.07. The number of aryl methyl sites for hydroxylation is 2. The van der Waals surface area contributed by atoms with Crippen molar-refractivity contribution in [2.75, 3.05) is 24.6 Å². The molecular formula is C22H23FN4O3. The highest BCUT2D eigenvalue weighted by Gasteiger charge is 2.32. The van der Waals surface area contributed by atoms with E-state index in [-0.39, 0.29) is 12.1 Å². The number of nitrogens with zero attached hydrogens (tertiary/aromatic N) is 4. The number of rotatable bonds is 3. The lowest BCUT2D eigenvalue weighted by Crippen LogP contribution is -2.47. The molecule has 4 heterocycles. The fourth-order valence-corrected chi connectivity index (χ4v) is 4.14. The highest BCUT2D eigenvalue weighted by molar-refractivity contribution is 5.52. The predicted octanol–water partition coefficient (Wildman–Crippen LogP) is 2.72. The lowest BCUT2D eigenvalue weighted by atomic mass is 10.0. The van der Waals surface area contributed by atoms with Gasteiger partial charge >= 0.3 is 0 Å². The van der Waals surface area contributed by atoms with E-state index < -0.39 is 12.3 Å². The molecule has 0 saturated carbocycles. The highest BCUT2D eigenvalue weighted by Crippen LogP contribution is 2.31. The van der Waals surface area contributed by atoms with Crippen LogP contribution in [0.15, 0.2) is 41.3 Å². The van der Waals surface area contributed by atoms with Gasteiger partial charge in [0.2, 0.25) is 0 Å². The molecule has 30 heavy (non-hydrogen) atoms. The normalized spacial score (nSPS) is 21.2. The first-order chi connectivity index (χ1) is 14.6. The lowest BCUT2D eigenvalue weighted by Gasteiger charge is -2.36. The molecule has 2 aliphatic heterocycles. The van der Waals surface area contributed by atoms with Crippen LogP contribution >= 0.6 is 0 Å². The minimum atomic E-state index is -1.18. The molecule has 156 valence electrons. The van der Waals surface area contributed by atoms with Gasteiger partial charge in [0, 0.05) is 31.3 Å². The van der Waals surface area contributed by atoms with E-state index in [2.05, 4.69) is 10.1 Å². The van der Waals surface area contributed by atoms with Crippen LogP contribution < -0.4 is 19.9 Å². The molecular weight excluding hydrogens is 387 g/mol. The van der Waals surface area contributed by atoms with Crippen molar-refractivity contribution in [3.8, 4) is 11.5 Å². The van der Waals surface area contributed by atoms with Gasteiger partial charge in [-0.25, -0.2) is 9.37 Å². The quantitative estimate of drug-likeness (QED) is 0.661. The van der Waals surface area contributed by atoms with Crippen LogP contribution in [0.2, 0.25) is 0 Å². The van der Waals surface area contributed by atoms with E-state index in [4.69, 9.17) is 9.47 Å². The molecule has 5 rings (SSSR count). The third-order valence-corrected chi connectivity index (χ3v) is 5.70. The Morgan fingerprint density at radius 1 is 1.27 bits per heavy atom. The minimum Gasteiger partial charge on any atom is -0.493 e. The SMILES string of the molecule is Cc1cc2nccc(=O)n2nc1N1CC[C@@H](Oc2ccc3c(c2)OCCC3)[C@H](F)C1. The number of aromatic nitrogens is 3. The molecule has 2 atom stereocenters. The highest BCUT2D eigenvalue weighted by atomic mass is 19.1. The Labute approximate surface area is 173 Å². The molecule has 1 aromatic carbocycles. The number of anilines is 1. The van der Waals surface area contributed by atoms with Crippen molar-refractivity contribution in [1.82, 2.24) is 14.6 Å². The van der Waals surface area contributed by atoms with E-state index in [0.29, 0.717) is 36.8 Å². The number of piperidine rings is 1. The molecule has 0 unspecified atom stereocenters. The van der Waals surface area contributed by atoms with Crippen LogP contribution in [0.1, 0.15) is 24.0 Å². The predicted molar refractivity (Wildman–Crippen MR) is 110 cm³/mol. The second-order valence-electron chi connectivity index (χ2n) is 7.83. The standard InChI is InChI=1S/C22H23FN4O3/c1-14-11-20-24-8-6-21(28)27(20)25-22(14)26-9-7-18(17(23)13-26)30-16-5-4-15-3-2-10-29-19(15)12-16/h4-6,8,11-12,17-18H,2-3,7,9-10,13H2,1H3/t17-,18-/m1/s1. The van der Waals surface area contributed by atoms with Crippen LogP contribution in [0.25, 0.3) is 5.65 Å². The van der Waals surface area contributed by atoms with Gasteiger partial charge in [0.1, 0.15) is 17.6 Å². The molecule has 0 aliphatic carbocycles. The zero-order valence-electron chi connectivity index (χ0n) is 16.8. The van der Waals surface area contributed by atoms with E-state index in [0.717, 1.165) is 24.2 Å². The average molecular weight is 410 g/mol. The summed E-state index contributed by atoms with van der Waals surface area (Å²) in [6.07, 6.45) is 2.27. The summed E-state index contributed by atoms with van der Waals surface area (Å²) in [5.41, 5.74) is 2.24. The van der Waals surface area contributed by atoms with Crippen LogP contribution in [-0.4, -0.2) is 46.6 Å². The second kappa shape index (κ2) is 7.59. The summed E-state index contributed by atoms with van der Waals surface area (Å²) in [6, 6.07) is 8.91. The second-order valence-corrected chi connectivity index (χ2v) is 7.83. The van der Waals surface area contributed by atoms with Crippen molar-refractivity contribution in [2.24, 2.45) is 0 Å². The van der Waals surface area contributed by atoms with Crippen LogP contribution in [0.3, 0.4) is 0 Å². The van der Waals surface area contributed by atoms with Gasteiger partial charge < -0.3 is 14.4 Å². The van der Waals surface area contributed by atoms with E-state index in [1.807, 2.05) is 30.0 Å². The first kappa shape index (κ1) is 18.8. The van der Waals surface area contributed by atoms with Crippen molar-refractivity contribution in [2.45, 2.75) is 38.5 Å². The Morgan fingerprint density at radius 2 is 2.17 bits per heavy atom. The van der Waals surface area contributed by atoms with Crippen LogP contribution in [-0.2, 0) is 6.42 Å². The van der Waals surface area contributed by atoms with Gasteiger partial charge in [-0.15, -0.1) is 5.10 Å². The monoisotopic (exact) mass is 410 g/mol. The maximum atomic E-state index is 15.0. The number of hydrogen-bond acceptors (Lipinski definition) is 6. The number of fused-ring (bicyclic) bond motifs is 2. The molecule has 7 nitrogen and oxygen atoms in total. The molecule has 1 saturated heterocycles. The smallest absolute Gasteiger partial charge is 0.274 e. The van der Waals surface area contributed by atoms with Gasteiger partial charge in [-0.05, 0) is 43.0 Å². The Kier molecular flexibility index (Phi) is 4.77. The fraction of sp³-hybridized carbons (Fsp3) is 0.409. The van der Waals surface area contributed by atoms with E-state index in [1.54, 1.807) is 6.07 Å². The number of ether oxygens (including phenoxy) is 2. The number of alkyl halides is 1. The topological polar surface area (TPSA) is 69.0 Å². The summed E-state index contributed by atoms with van der Waals surface area (Å²) < 4.78 is 27.9. The molecule has 0 bridgehead atoms. The largest absolute Gasteiger partial charge is 0.493 e. The summed E-state index contributed by atoms with van der Waals surface area (Å²) in [6.45, 7) is 3.34. The Bertz CT molecular complexity index is 1150. The van der Waals surface area contributed by atoms with Crippen molar-refractivity contribution >= 4 is 11.5 Å². The first-order valence-corrected chi connectivity index (χ1v) is 10.3. The maximum absolute atomic E-state index is 15.0. The molecule has 0 N–H and O–H groups in total. The third kappa shape index (κ3) is 3.46. The summed E-state index contributed by atoms with van der Waals surface area (Å²) in [4.78, 5) is 18.1. The van der Waals surface area contributed by atoms with Gasteiger partial charge in [0.15, 0.2) is 17.6 Å². The Balaban J connectivity index is 1.32. The zero-order valence-corrected chi connectivity index (χ0v) is 16.8. The van der Waals surface area contributed by atoms with Crippen molar-refractivity contribution in [3.05, 3.63) is 58.0 Å². The summed E-state index contributed by atoms with van der Waals surface area (Å²) >= 11 is 0. The van der Waals surface area contributed by atoms with Crippen LogP contribution in [0.4, 0.5) is 10.2 Å². The van der Waals surface area contributed by atoms with Gasteiger partial charge in [-0.2, -0.15) is 4.52 Å². The molecule has 8 heteroatoms. The number of benzene rings is 1. The molecule has 0 spiro atoms. The minimum absolute atomic E-state index is 0.153. The Morgan fingerprint density at radius 3 is 3.03 bits per heavy atom. The maximum Gasteiger partial charge on any atom is 0.274 e. The van der Waals surface area contributed by atoms with Gasteiger partial charge in [0.05, 0.1) is 13.2 Å². The summed E-state index contributed by atoms with van der Waals surface area (Å²) in [5, 5.41) is 4.43. The third-order valence-electron chi connectivity index (χ3n) is 5.70. The van der Waals surface area contributed by atoms with Gasteiger partial charge in [-0.3, -0.25) is 4.79 Å². The molecule has 3 aromatic rings. The van der Waals surface area contributed by atoms with Crippen molar-refractivity contribution < 1.29 is 13.9 Å². The number of halogens is 1.